The van der Waals surface area contributed by atoms with Gasteiger partial charge in [0.2, 0.25) is 11.8 Å². The Morgan fingerprint density at radius 3 is 2.26 bits per heavy atom. The van der Waals surface area contributed by atoms with Gasteiger partial charge in [-0.1, -0.05) is 62.6 Å². The van der Waals surface area contributed by atoms with Crippen LogP contribution in [0.4, 0.5) is 0 Å². The lowest BCUT2D eigenvalue weighted by Gasteiger charge is -2.52. The van der Waals surface area contributed by atoms with Gasteiger partial charge in [0, 0.05) is 38.3 Å². The van der Waals surface area contributed by atoms with Crippen LogP contribution in [0, 0.1) is 5.92 Å². The quantitative estimate of drug-likeness (QED) is 0.319. The number of carbonyl (C=O) groups excluding carboxylic acids is 3. The van der Waals surface area contributed by atoms with Crippen molar-refractivity contribution in [1.82, 2.24) is 20.4 Å². The average molecular weight is 591 g/mol. The van der Waals surface area contributed by atoms with Gasteiger partial charge in [-0.25, -0.2) is 0 Å². The molecule has 3 aliphatic rings. The highest BCUT2D eigenvalue weighted by atomic mass is 16.3. The summed E-state index contributed by atoms with van der Waals surface area (Å²) < 4.78 is 0. The molecule has 232 valence electrons. The number of hydrogen-bond donors (Lipinski definition) is 4. The van der Waals surface area contributed by atoms with E-state index < -0.39 is 17.7 Å². The Bertz CT molecular complexity index is 1250. The van der Waals surface area contributed by atoms with Crippen LogP contribution in [-0.4, -0.2) is 75.1 Å². The third-order valence-corrected chi connectivity index (χ3v) is 9.68. The number of unbranched alkanes of at least 4 members (excludes halogenated alkanes) is 1. The zero-order valence-electron chi connectivity index (χ0n) is 25.3. The minimum atomic E-state index is -0.866. The molecule has 4 N–H and O–H groups in total. The minimum Gasteiger partial charge on any atom is -0.392 e. The Morgan fingerprint density at radius 2 is 1.63 bits per heavy atom. The van der Waals surface area contributed by atoms with Crippen molar-refractivity contribution in [3.63, 3.8) is 0 Å². The maximum atomic E-state index is 13.8. The number of nitrogens with one attached hydrogen (secondary N) is 2. The van der Waals surface area contributed by atoms with Crippen molar-refractivity contribution in [2.45, 2.75) is 95.7 Å². The number of benzene rings is 2. The van der Waals surface area contributed by atoms with Crippen molar-refractivity contribution >= 4 is 17.7 Å². The molecule has 43 heavy (non-hydrogen) atoms. The third kappa shape index (κ3) is 6.95. The number of piperidine rings is 1. The van der Waals surface area contributed by atoms with Gasteiger partial charge in [-0.2, -0.15) is 0 Å². The van der Waals surface area contributed by atoms with Crippen molar-refractivity contribution in [2.24, 2.45) is 5.92 Å². The highest BCUT2D eigenvalue weighted by Gasteiger charge is 2.55. The van der Waals surface area contributed by atoms with E-state index in [0.717, 1.165) is 55.2 Å². The average Bonchev–Trinajstić information content (AvgIpc) is 3.58. The SMILES string of the molecule is CCCCN1C(=O)[C@@H]([C@H](O)C2CCCC2)NC(=O)C12CCN(Cc1ccc(C(=O)NCc3ccc(CO)cc3)cc1)CC2. The van der Waals surface area contributed by atoms with Gasteiger partial charge in [0.1, 0.15) is 11.6 Å². The fraction of sp³-hybridized carbons (Fsp3) is 0.559. The number of likely N-dealkylation sites (tertiary alicyclic amines) is 1. The second kappa shape index (κ2) is 14.0. The highest BCUT2D eigenvalue weighted by molar-refractivity contribution is 6.00. The Kier molecular flexibility index (Phi) is 10.2. The van der Waals surface area contributed by atoms with Crippen LogP contribution in [-0.2, 0) is 29.3 Å². The molecule has 2 aromatic rings. The lowest BCUT2D eigenvalue weighted by atomic mass is 9.80. The van der Waals surface area contributed by atoms with E-state index in [4.69, 9.17) is 0 Å². The summed E-state index contributed by atoms with van der Waals surface area (Å²) in [5.41, 5.74) is 2.61. The predicted octanol–water partition coefficient (Wildman–Crippen LogP) is 3.12. The number of amides is 3. The van der Waals surface area contributed by atoms with Gasteiger partial charge in [-0.15, -0.1) is 0 Å². The summed E-state index contributed by atoms with van der Waals surface area (Å²) in [5, 5.41) is 26.1. The lowest BCUT2D eigenvalue weighted by molar-refractivity contribution is -0.165. The molecule has 2 aliphatic heterocycles. The number of aliphatic hydroxyl groups is 2. The van der Waals surface area contributed by atoms with Gasteiger partial charge in [-0.05, 0) is 66.8 Å². The number of nitrogens with zero attached hydrogens (tertiary/aromatic N) is 2. The smallest absolute Gasteiger partial charge is 0.251 e. The number of carbonyl (C=O) groups is 3. The van der Waals surface area contributed by atoms with E-state index in [9.17, 15) is 24.6 Å². The van der Waals surface area contributed by atoms with E-state index in [0.29, 0.717) is 51.1 Å². The molecule has 2 heterocycles. The van der Waals surface area contributed by atoms with Crippen LogP contribution in [0.25, 0.3) is 0 Å². The summed E-state index contributed by atoms with van der Waals surface area (Å²) in [4.78, 5) is 44.2. The summed E-state index contributed by atoms with van der Waals surface area (Å²) >= 11 is 0. The highest BCUT2D eigenvalue weighted by Crippen LogP contribution is 2.36. The van der Waals surface area contributed by atoms with Crippen molar-refractivity contribution in [1.29, 1.82) is 0 Å². The monoisotopic (exact) mass is 590 g/mol. The van der Waals surface area contributed by atoms with Gasteiger partial charge in [0.15, 0.2) is 0 Å². The summed E-state index contributed by atoms with van der Waals surface area (Å²) in [6.07, 6.45) is 5.97. The fourth-order valence-corrected chi connectivity index (χ4v) is 6.93. The van der Waals surface area contributed by atoms with Crippen LogP contribution in [0.3, 0.4) is 0 Å². The van der Waals surface area contributed by atoms with E-state index in [1.54, 1.807) is 0 Å². The van der Waals surface area contributed by atoms with Crippen LogP contribution in [0.2, 0.25) is 0 Å². The Morgan fingerprint density at radius 1 is 1.00 bits per heavy atom. The zero-order valence-corrected chi connectivity index (χ0v) is 25.3. The molecule has 0 radical (unpaired) electrons. The largest absolute Gasteiger partial charge is 0.392 e. The predicted molar refractivity (Wildman–Crippen MR) is 164 cm³/mol. The molecule has 2 atom stereocenters. The van der Waals surface area contributed by atoms with Gasteiger partial charge in [0.25, 0.3) is 5.91 Å². The first kappa shape index (κ1) is 31.2. The Hall–Kier alpha value is -3.27. The van der Waals surface area contributed by atoms with E-state index >= 15 is 0 Å². The molecule has 2 saturated heterocycles. The topological polar surface area (TPSA) is 122 Å². The van der Waals surface area contributed by atoms with Gasteiger partial charge < -0.3 is 25.7 Å². The second-order valence-corrected chi connectivity index (χ2v) is 12.5. The van der Waals surface area contributed by atoms with E-state index in [2.05, 4.69) is 22.5 Å². The van der Waals surface area contributed by atoms with Crippen molar-refractivity contribution in [3.05, 3.63) is 70.8 Å². The fourth-order valence-electron chi connectivity index (χ4n) is 6.93. The van der Waals surface area contributed by atoms with Gasteiger partial charge in [0.05, 0.1) is 12.7 Å². The van der Waals surface area contributed by atoms with Crippen molar-refractivity contribution in [3.8, 4) is 0 Å². The maximum Gasteiger partial charge on any atom is 0.251 e. The third-order valence-electron chi connectivity index (χ3n) is 9.68. The van der Waals surface area contributed by atoms with Crippen molar-refractivity contribution < 1.29 is 24.6 Å². The van der Waals surface area contributed by atoms with Crippen LogP contribution >= 0.6 is 0 Å². The Labute approximate surface area is 254 Å². The Balaban J connectivity index is 1.17. The first-order chi connectivity index (χ1) is 20.8. The van der Waals surface area contributed by atoms with Crippen LogP contribution < -0.4 is 10.6 Å². The molecule has 1 aliphatic carbocycles. The first-order valence-electron chi connectivity index (χ1n) is 15.9. The maximum absolute atomic E-state index is 13.8. The molecule has 9 nitrogen and oxygen atoms in total. The van der Waals surface area contributed by atoms with Crippen LogP contribution in [0.15, 0.2) is 48.5 Å². The van der Waals surface area contributed by atoms with E-state index in [1.807, 2.05) is 53.4 Å². The summed E-state index contributed by atoms with van der Waals surface area (Å²) in [7, 11) is 0. The molecular weight excluding hydrogens is 544 g/mol. The molecule has 1 saturated carbocycles. The molecule has 2 aromatic carbocycles. The van der Waals surface area contributed by atoms with Crippen LogP contribution in [0.5, 0.6) is 0 Å². The first-order valence-corrected chi connectivity index (χ1v) is 15.9. The number of piperazine rings is 1. The summed E-state index contributed by atoms with van der Waals surface area (Å²) in [5.74, 6) is -0.323. The number of hydrogen-bond acceptors (Lipinski definition) is 6. The standard InChI is InChI=1S/C34H46N4O5/c1-2-3-18-38-32(42)29(30(40)27-6-4-5-7-27)36-33(43)34(38)16-19-37(20-17-34)22-25-12-14-28(15-13-25)31(41)35-21-24-8-10-26(23-39)11-9-24/h8-15,27,29-30,39-40H,2-7,16-23H2,1H3,(H,35,41)(H,36,43)/t29-,30-/m1/s1. The molecule has 3 fully saturated rings. The normalized spacial score (nSPS) is 21.7. The molecular formula is C34H46N4O5. The van der Waals surface area contributed by atoms with Gasteiger partial charge in [-0.3, -0.25) is 19.3 Å². The lowest BCUT2D eigenvalue weighted by Crippen LogP contribution is -2.75. The molecule has 5 rings (SSSR count). The molecule has 1 spiro atoms. The molecule has 0 unspecified atom stereocenters. The second-order valence-electron chi connectivity index (χ2n) is 12.5. The van der Waals surface area contributed by atoms with E-state index in [-0.39, 0.29) is 30.2 Å². The summed E-state index contributed by atoms with van der Waals surface area (Å²) in [6.45, 7) is 5.08. The minimum absolute atomic E-state index is 0.00449. The van der Waals surface area contributed by atoms with Crippen molar-refractivity contribution in [2.75, 3.05) is 19.6 Å². The van der Waals surface area contributed by atoms with Gasteiger partial charge >= 0.3 is 0 Å². The molecule has 3 amide bonds. The number of aliphatic hydroxyl groups excluding tert-OH is 2. The van der Waals surface area contributed by atoms with E-state index in [1.165, 1.54) is 0 Å². The number of rotatable bonds is 11. The zero-order chi connectivity index (χ0) is 30.4. The van der Waals surface area contributed by atoms with Crippen LogP contribution in [0.1, 0.15) is 85.3 Å². The molecule has 0 aromatic heterocycles. The molecule has 9 heteroatoms. The summed E-state index contributed by atoms with van der Waals surface area (Å²) in [6, 6.07) is 14.2. The molecule has 0 bridgehead atoms.